The van der Waals surface area contributed by atoms with Crippen LogP contribution in [0.5, 0.6) is 0 Å². The maximum atomic E-state index is 13.5. The molecule has 1 heterocycles. The first-order valence-corrected chi connectivity index (χ1v) is 8.23. The molecule has 0 saturated carbocycles. The minimum absolute atomic E-state index is 0.145. The van der Waals surface area contributed by atoms with Gasteiger partial charge >= 0.3 is 0 Å². The normalized spacial score (nSPS) is 14.3. The minimum Gasteiger partial charge on any atom is -0.348 e. The van der Waals surface area contributed by atoms with Crippen LogP contribution in [0.2, 0.25) is 0 Å². The largest absolute Gasteiger partial charge is 0.348 e. The Kier molecular flexibility index (Phi) is 5.23. The Morgan fingerprint density at radius 2 is 1.92 bits per heavy atom. The van der Waals surface area contributed by atoms with E-state index in [9.17, 15) is 14.0 Å². The topological polar surface area (TPSA) is 49.4 Å². The number of nitrogens with zero attached hydrogens (tertiary/aromatic N) is 1. The number of hydrogen-bond donors (Lipinski definition) is 1. The maximum absolute atomic E-state index is 13.5. The lowest BCUT2D eigenvalue weighted by atomic mass is 10.2. The van der Waals surface area contributed by atoms with Crippen molar-refractivity contribution in [2.45, 2.75) is 19.4 Å². The van der Waals surface area contributed by atoms with E-state index in [0.717, 1.165) is 24.2 Å². The molecule has 1 aliphatic heterocycles. The van der Waals surface area contributed by atoms with E-state index in [1.807, 2.05) is 24.3 Å². The van der Waals surface area contributed by atoms with E-state index in [-0.39, 0.29) is 24.2 Å². The van der Waals surface area contributed by atoms with E-state index in [4.69, 9.17) is 0 Å². The Morgan fingerprint density at radius 3 is 2.60 bits per heavy atom. The third-order valence-electron chi connectivity index (χ3n) is 4.12. The predicted octanol–water partition coefficient (Wildman–Crippen LogP) is 3.28. The van der Waals surface area contributed by atoms with Crippen LogP contribution in [-0.2, 0) is 16.1 Å². The van der Waals surface area contributed by atoms with Crippen LogP contribution in [0.4, 0.5) is 10.1 Å². The molecule has 1 fully saturated rings. The number of anilines is 1. The smallest absolute Gasteiger partial charge is 0.244 e. The Morgan fingerprint density at radius 1 is 1.16 bits per heavy atom. The second-order valence-electron chi connectivity index (χ2n) is 5.88. The van der Waals surface area contributed by atoms with Gasteiger partial charge in [0.15, 0.2) is 0 Å². The fourth-order valence-electron chi connectivity index (χ4n) is 2.74. The van der Waals surface area contributed by atoms with Gasteiger partial charge in [0, 0.05) is 36.8 Å². The van der Waals surface area contributed by atoms with E-state index in [2.05, 4.69) is 5.32 Å². The van der Waals surface area contributed by atoms with Crippen molar-refractivity contribution in [2.24, 2.45) is 0 Å². The minimum atomic E-state index is -0.334. The highest BCUT2D eigenvalue weighted by Crippen LogP contribution is 2.21. The summed E-state index contributed by atoms with van der Waals surface area (Å²) < 4.78 is 13.5. The number of carbonyl (C=O) groups excluding carboxylic acids is 2. The van der Waals surface area contributed by atoms with Gasteiger partial charge in [0.25, 0.3) is 0 Å². The predicted molar refractivity (Wildman–Crippen MR) is 95.3 cm³/mol. The average molecular weight is 338 g/mol. The molecule has 4 nitrogen and oxygen atoms in total. The summed E-state index contributed by atoms with van der Waals surface area (Å²) in [5.41, 5.74) is 2.18. The highest BCUT2D eigenvalue weighted by atomic mass is 19.1. The van der Waals surface area contributed by atoms with Crippen LogP contribution < -0.4 is 10.2 Å². The summed E-state index contributed by atoms with van der Waals surface area (Å²) in [4.78, 5) is 25.3. The number of halogens is 1. The molecule has 0 radical (unpaired) electrons. The molecule has 0 spiro atoms. The Labute approximate surface area is 146 Å². The van der Waals surface area contributed by atoms with Gasteiger partial charge in [-0.1, -0.05) is 30.3 Å². The molecular weight excluding hydrogens is 319 g/mol. The van der Waals surface area contributed by atoms with Gasteiger partial charge in [0.1, 0.15) is 5.82 Å². The molecule has 2 aromatic carbocycles. The molecule has 0 aliphatic carbocycles. The summed E-state index contributed by atoms with van der Waals surface area (Å²) in [5, 5.41) is 2.65. The van der Waals surface area contributed by atoms with Gasteiger partial charge in [-0.2, -0.15) is 0 Å². The molecule has 1 N–H and O–H groups in total. The first-order valence-electron chi connectivity index (χ1n) is 8.23. The zero-order valence-corrected chi connectivity index (χ0v) is 13.7. The van der Waals surface area contributed by atoms with Crippen molar-refractivity contribution in [3.05, 3.63) is 71.6 Å². The van der Waals surface area contributed by atoms with Crippen molar-refractivity contribution >= 4 is 23.6 Å². The van der Waals surface area contributed by atoms with Crippen molar-refractivity contribution in [1.29, 1.82) is 0 Å². The quantitative estimate of drug-likeness (QED) is 0.851. The Bertz CT molecular complexity index is 800. The molecule has 2 aromatic rings. The summed E-state index contributed by atoms with van der Waals surface area (Å²) in [5.74, 6) is -0.475. The van der Waals surface area contributed by atoms with Crippen molar-refractivity contribution in [2.75, 3.05) is 11.4 Å². The first kappa shape index (κ1) is 16.9. The van der Waals surface area contributed by atoms with Crippen LogP contribution in [-0.4, -0.2) is 18.4 Å². The second-order valence-corrected chi connectivity index (χ2v) is 5.88. The molecule has 25 heavy (non-hydrogen) atoms. The van der Waals surface area contributed by atoms with E-state index in [1.54, 1.807) is 29.2 Å². The van der Waals surface area contributed by atoms with Gasteiger partial charge in [0.05, 0.1) is 0 Å². The van der Waals surface area contributed by atoms with Crippen LogP contribution in [0.15, 0.2) is 54.6 Å². The van der Waals surface area contributed by atoms with E-state index in [0.29, 0.717) is 12.0 Å². The van der Waals surface area contributed by atoms with Crippen LogP contribution in [0.25, 0.3) is 6.08 Å². The van der Waals surface area contributed by atoms with Crippen molar-refractivity contribution in [3.63, 3.8) is 0 Å². The lowest BCUT2D eigenvalue weighted by Crippen LogP contribution is -2.23. The SMILES string of the molecule is O=C(/C=C/c1ccc(N2CCCC2=O)cc1)NCc1ccccc1F. The van der Waals surface area contributed by atoms with E-state index in [1.165, 1.54) is 12.1 Å². The summed E-state index contributed by atoms with van der Waals surface area (Å²) in [7, 11) is 0. The lowest BCUT2D eigenvalue weighted by Gasteiger charge is -2.15. The van der Waals surface area contributed by atoms with Gasteiger partial charge in [-0.15, -0.1) is 0 Å². The molecule has 5 heteroatoms. The number of benzene rings is 2. The number of hydrogen-bond acceptors (Lipinski definition) is 2. The molecule has 0 aromatic heterocycles. The van der Waals surface area contributed by atoms with Gasteiger partial charge < -0.3 is 10.2 Å². The Balaban J connectivity index is 1.55. The zero-order valence-electron chi connectivity index (χ0n) is 13.7. The van der Waals surface area contributed by atoms with Gasteiger partial charge in [0.2, 0.25) is 11.8 Å². The highest BCUT2D eigenvalue weighted by molar-refractivity contribution is 5.95. The van der Waals surface area contributed by atoms with E-state index >= 15 is 0 Å². The van der Waals surface area contributed by atoms with Crippen molar-refractivity contribution in [3.8, 4) is 0 Å². The van der Waals surface area contributed by atoms with Crippen molar-refractivity contribution < 1.29 is 14.0 Å². The monoisotopic (exact) mass is 338 g/mol. The molecule has 2 amide bonds. The first-order chi connectivity index (χ1) is 12.1. The highest BCUT2D eigenvalue weighted by Gasteiger charge is 2.21. The van der Waals surface area contributed by atoms with Crippen molar-refractivity contribution in [1.82, 2.24) is 5.32 Å². The lowest BCUT2D eigenvalue weighted by molar-refractivity contribution is -0.117. The number of carbonyl (C=O) groups is 2. The summed E-state index contributed by atoms with van der Waals surface area (Å²) in [6.45, 7) is 0.901. The molecular formula is C20H19FN2O2. The van der Waals surface area contributed by atoms with Crippen LogP contribution in [0.3, 0.4) is 0 Å². The average Bonchev–Trinajstić information content (AvgIpc) is 3.06. The summed E-state index contributed by atoms with van der Waals surface area (Å²) in [6, 6.07) is 13.8. The Hall–Kier alpha value is -2.95. The molecule has 1 aliphatic rings. The van der Waals surface area contributed by atoms with Crippen LogP contribution in [0, 0.1) is 5.82 Å². The molecule has 0 atom stereocenters. The van der Waals surface area contributed by atoms with E-state index < -0.39 is 0 Å². The standard InChI is InChI=1S/C20H19FN2O2/c21-18-5-2-1-4-16(18)14-22-19(24)12-9-15-7-10-17(11-8-15)23-13-3-6-20(23)25/h1-2,4-5,7-12H,3,6,13-14H2,(H,22,24)/b12-9+. The number of amides is 2. The molecule has 128 valence electrons. The molecule has 0 unspecified atom stereocenters. The third-order valence-corrected chi connectivity index (χ3v) is 4.12. The molecule has 1 saturated heterocycles. The van der Waals surface area contributed by atoms with Gasteiger partial charge in [-0.25, -0.2) is 4.39 Å². The second kappa shape index (κ2) is 7.75. The fraction of sp³-hybridized carbons (Fsp3) is 0.200. The van der Waals surface area contributed by atoms with Gasteiger partial charge in [-0.05, 0) is 36.3 Å². The third kappa shape index (κ3) is 4.32. The van der Waals surface area contributed by atoms with Crippen LogP contribution in [0.1, 0.15) is 24.0 Å². The fourth-order valence-corrected chi connectivity index (χ4v) is 2.74. The summed E-state index contributed by atoms with van der Waals surface area (Å²) >= 11 is 0. The van der Waals surface area contributed by atoms with Gasteiger partial charge in [-0.3, -0.25) is 9.59 Å². The number of nitrogens with one attached hydrogen (secondary N) is 1. The molecule has 0 bridgehead atoms. The number of rotatable bonds is 5. The maximum Gasteiger partial charge on any atom is 0.244 e. The zero-order chi connectivity index (χ0) is 17.6. The van der Waals surface area contributed by atoms with Crippen LogP contribution >= 0.6 is 0 Å². The molecule has 3 rings (SSSR count). The summed E-state index contributed by atoms with van der Waals surface area (Å²) in [6.07, 6.45) is 4.59.